The molecular weight excluding hydrogens is 108 g/mol. The Labute approximate surface area is 46.9 Å². The Kier molecular flexibility index (Phi) is 1.32. The van der Waals surface area contributed by atoms with E-state index >= 15 is 0 Å². The van der Waals surface area contributed by atoms with E-state index in [1.54, 1.807) is 5.12 Å². The van der Waals surface area contributed by atoms with E-state index < -0.39 is 0 Å². The molecule has 2 amide bonds. The van der Waals surface area contributed by atoms with Crippen LogP contribution in [0, 0.1) is 0 Å². The molecule has 0 bridgehead atoms. The fourth-order valence-corrected chi connectivity index (χ4v) is 0.455. The minimum Gasteiger partial charge on any atom is -0.257 e. The number of amides is 2. The van der Waals surface area contributed by atoms with Crippen molar-refractivity contribution in [1.29, 1.82) is 0 Å². The zero-order valence-corrected chi connectivity index (χ0v) is 4.56. The second kappa shape index (κ2) is 1.97. The first-order valence-electron chi connectivity index (χ1n) is 2.42. The quantitative estimate of drug-likeness (QED) is 0.410. The topological polar surface area (TPSA) is 56.4 Å². The monoisotopic (exact) mass is 116 g/mol. The number of carbonyl (C=O) groups is 1. The van der Waals surface area contributed by atoms with Crippen molar-refractivity contribution >= 4 is 6.03 Å². The predicted octanol–water partition coefficient (Wildman–Crippen LogP) is -1.04. The molecule has 5 heteroatoms. The Balaban J connectivity index is 2.32. The van der Waals surface area contributed by atoms with Crippen molar-refractivity contribution in [2.24, 2.45) is 0 Å². The van der Waals surface area contributed by atoms with Crippen LogP contribution in [-0.2, 0) is 0 Å². The van der Waals surface area contributed by atoms with Crippen molar-refractivity contribution in [2.75, 3.05) is 6.54 Å². The van der Waals surface area contributed by atoms with Crippen LogP contribution in [0.15, 0.2) is 0 Å². The summed E-state index contributed by atoms with van der Waals surface area (Å²) in [5.74, 6) is 0. The summed E-state index contributed by atoms with van der Waals surface area (Å²) in [5, 5.41) is 1.54. The first-order chi connectivity index (χ1) is 3.83. The molecule has 3 N–H and O–H groups in total. The molecule has 1 rings (SSSR count). The van der Waals surface area contributed by atoms with Gasteiger partial charge in [-0.3, -0.25) is 10.9 Å². The first-order valence-corrected chi connectivity index (χ1v) is 2.42. The van der Waals surface area contributed by atoms with Gasteiger partial charge >= 0.3 is 6.03 Å². The van der Waals surface area contributed by atoms with E-state index in [1.807, 2.05) is 6.92 Å². The average Bonchev–Trinajstić information content (AvgIpc) is 2.14. The van der Waals surface area contributed by atoms with Crippen LogP contribution in [0.3, 0.4) is 0 Å². The van der Waals surface area contributed by atoms with Gasteiger partial charge in [0.1, 0.15) is 0 Å². The third kappa shape index (κ3) is 0.877. The lowest BCUT2D eigenvalue weighted by Crippen LogP contribution is -2.39. The van der Waals surface area contributed by atoms with Gasteiger partial charge in [0.05, 0.1) is 0 Å². The Hall–Kier alpha value is -0.810. The van der Waals surface area contributed by atoms with Gasteiger partial charge in [-0.1, -0.05) is 0 Å². The molecule has 0 radical (unpaired) electrons. The van der Waals surface area contributed by atoms with Crippen LogP contribution < -0.4 is 16.4 Å². The molecule has 1 aliphatic heterocycles. The summed E-state index contributed by atoms with van der Waals surface area (Å²) in [6.07, 6.45) is 0. The molecule has 1 saturated heterocycles. The summed E-state index contributed by atoms with van der Waals surface area (Å²) in [4.78, 5) is 10.3. The van der Waals surface area contributed by atoms with Crippen molar-refractivity contribution in [3.63, 3.8) is 0 Å². The fourth-order valence-electron chi connectivity index (χ4n) is 0.455. The molecule has 0 aromatic rings. The molecule has 0 aromatic carbocycles. The lowest BCUT2D eigenvalue weighted by atomic mass is 10.8. The van der Waals surface area contributed by atoms with Crippen LogP contribution in [0.4, 0.5) is 4.79 Å². The lowest BCUT2D eigenvalue weighted by Gasteiger charge is -2.07. The molecule has 0 aromatic heterocycles. The molecule has 0 atom stereocenters. The van der Waals surface area contributed by atoms with Gasteiger partial charge in [-0.2, -0.15) is 0 Å². The number of urea groups is 1. The van der Waals surface area contributed by atoms with E-state index in [1.165, 1.54) is 0 Å². The fraction of sp³-hybridized carbons (Fsp3) is 0.667. The van der Waals surface area contributed by atoms with Crippen molar-refractivity contribution in [3.8, 4) is 0 Å². The van der Waals surface area contributed by atoms with Crippen LogP contribution >= 0.6 is 0 Å². The second-order valence-electron chi connectivity index (χ2n) is 1.42. The average molecular weight is 116 g/mol. The highest BCUT2D eigenvalue weighted by atomic mass is 16.2. The summed E-state index contributed by atoms with van der Waals surface area (Å²) in [6.45, 7) is 2.65. The van der Waals surface area contributed by atoms with Gasteiger partial charge in [-0.25, -0.2) is 4.79 Å². The highest BCUT2D eigenvalue weighted by Gasteiger charge is 2.12. The summed E-state index contributed by atoms with van der Waals surface area (Å²) in [5.41, 5.74) is 7.40. The predicted molar refractivity (Wildman–Crippen MR) is 27.2 cm³/mol. The minimum absolute atomic E-state index is 0.216. The van der Waals surface area contributed by atoms with Crippen LogP contribution in [0.25, 0.3) is 0 Å². The van der Waals surface area contributed by atoms with E-state index in [0.717, 1.165) is 6.54 Å². The normalized spacial score (nSPS) is 20.4. The Morgan fingerprint density at radius 2 is 2.50 bits per heavy atom. The molecular formula is C3H8N4O. The number of hydrogen-bond acceptors (Lipinski definition) is 3. The van der Waals surface area contributed by atoms with E-state index in [-0.39, 0.29) is 6.03 Å². The number of hydrazine groups is 3. The van der Waals surface area contributed by atoms with Gasteiger partial charge in [0.25, 0.3) is 0 Å². The summed E-state index contributed by atoms with van der Waals surface area (Å²) in [7, 11) is 0. The molecule has 0 aliphatic carbocycles. The number of nitrogens with zero attached hydrogens (tertiary/aromatic N) is 1. The first kappa shape index (κ1) is 5.33. The van der Waals surface area contributed by atoms with Crippen LogP contribution in [0.1, 0.15) is 6.92 Å². The maximum Gasteiger partial charge on any atom is 0.345 e. The number of rotatable bonds is 1. The summed E-state index contributed by atoms with van der Waals surface area (Å²) in [6, 6.07) is -0.216. The van der Waals surface area contributed by atoms with E-state index in [0.29, 0.717) is 0 Å². The third-order valence-corrected chi connectivity index (χ3v) is 0.857. The van der Waals surface area contributed by atoms with Crippen molar-refractivity contribution in [3.05, 3.63) is 0 Å². The van der Waals surface area contributed by atoms with Gasteiger partial charge < -0.3 is 0 Å². The van der Waals surface area contributed by atoms with Crippen LogP contribution in [0.2, 0.25) is 0 Å². The number of hydrogen-bond donors (Lipinski definition) is 3. The lowest BCUT2D eigenvalue weighted by molar-refractivity contribution is 0.180. The van der Waals surface area contributed by atoms with Crippen LogP contribution in [0.5, 0.6) is 0 Å². The maximum absolute atomic E-state index is 10.3. The number of nitrogens with one attached hydrogen (secondary N) is 3. The molecule has 8 heavy (non-hydrogen) atoms. The summed E-state index contributed by atoms with van der Waals surface area (Å²) < 4.78 is 0. The number of carbonyl (C=O) groups excluding carboxylic acids is 1. The van der Waals surface area contributed by atoms with Gasteiger partial charge in [0, 0.05) is 6.54 Å². The molecule has 1 aliphatic rings. The SMILES string of the molecule is CCN1NNC(=O)N1. The van der Waals surface area contributed by atoms with Gasteiger partial charge in [0.2, 0.25) is 0 Å². The van der Waals surface area contributed by atoms with Crippen molar-refractivity contribution in [1.82, 2.24) is 21.5 Å². The van der Waals surface area contributed by atoms with Gasteiger partial charge in [0.15, 0.2) is 0 Å². The molecule has 46 valence electrons. The smallest absolute Gasteiger partial charge is 0.257 e. The largest absolute Gasteiger partial charge is 0.345 e. The summed E-state index contributed by atoms with van der Waals surface area (Å²) >= 11 is 0. The van der Waals surface area contributed by atoms with E-state index in [9.17, 15) is 4.79 Å². The van der Waals surface area contributed by atoms with Gasteiger partial charge in [-0.15, -0.1) is 10.7 Å². The van der Waals surface area contributed by atoms with Gasteiger partial charge in [-0.05, 0) is 6.92 Å². The molecule has 0 saturated carbocycles. The van der Waals surface area contributed by atoms with Crippen molar-refractivity contribution in [2.45, 2.75) is 6.92 Å². The zero-order chi connectivity index (χ0) is 5.98. The Morgan fingerprint density at radius 3 is 2.75 bits per heavy atom. The molecule has 1 heterocycles. The Morgan fingerprint density at radius 1 is 1.75 bits per heavy atom. The second-order valence-corrected chi connectivity index (χ2v) is 1.42. The van der Waals surface area contributed by atoms with Crippen molar-refractivity contribution < 1.29 is 4.79 Å². The zero-order valence-electron chi connectivity index (χ0n) is 4.56. The molecule has 0 spiro atoms. The van der Waals surface area contributed by atoms with E-state index in [2.05, 4.69) is 16.4 Å². The standard InChI is InChI=1S/C3H8N4O/c1-2-7-5-3(8)4-6-7/h6H,2H2,1H3,(H2,4,5,8). The minimum atomic E-state index is -0.216. The molecule has 5 nitrogen and oxygen atoms in total. The third-order valence-electron chi connectivity index (χ3n) is 0.857. The highest BCUT2D eigenvalue weighted by Crippen LogP contribution is 1.77. The molecule has 1 fully saturated rings. The Bertz CT molecular complexity index is 103. The maximum atomic E-state index is 10.3. The molecule has 0 unspecified atom stereocenters. The van der Waals surface area contributed by atoms with Crippen LogP contribution in [-0.4, -0.2) is 17.7 Å². The van der Waals surface area contributed by atoms with E-state index in [4.69, 9.17) is 0 Å². The highest BCUT2D eigenvalue weighted by molar-refractivity contribution is 5.73.